The first kappa shape index (κ1) is 14.1. The van der Waals surface area contributed by atoms with Crippen molar-refractivity contribution in [1.82, 2.24) is 5.32 Å². The number of nitrogens with one attached hydrogen (secondary N) is 1. The third kappa shape index (κ3) is 4.44. The minimum Gasteiger partial charge on any atom is -0.464 e. The molecule has 3 N–H and O–H groups in total. The largest absolute Gasteiger partial charge is 0.464 e. The van der Waals surface area contributed by atoms with E-state index < -0.39 is 6.04 Å². The zero-order chi connectivity index (χ0) is 12.8. The summed E-state index contributed by atoms with van der Waals surface area (Å²) >= 11 is 1.69. The van der Waals surface area contributed by atoms with E-state index in [4.69, 9.17) is 10.2 Å². The van der Waals surface area contributed by atoms with Crippen LogP contribution in [-0.4, -0.2) is 24.0 Å². The second kappa shape index (κ2) is 6.71. The van der Waals surface area contributed by atoms with E-state index in [1.807, 2.05) is 32.2 Å². The minimum absolute atomic E-state index is 0.124. The molecular formula is C12H20N2O2S. The molecular weight excluding hydrogens is 236 g/mol. The molecule has 0 spiro atoms. The highest BCUT2D eigenvalue weighted by atomic mass is 32.2. The molecule has 4 nitrogen and oxygen atoms in total. The fourth-order valence-electron chi connectivity index (χ4n) is 1.45. The predicted molar refractivity (Wildman–Crippen MR) is 71.0 cm³/mol. The van der Waals surface area contributed by atoms with Crippen molar-refractivity contribution >= 4 is 17.7 Å². The Morgan fingerprint density at radius 2 is 2.29 bits per heavy atom. The Hall–Kier alpha value is -0.940. The first-order valence-corrected chi connectivity index (χ1v) is 7.05. The lowest BCUT2D eigenvalue weighted by atomic mass is 10.2. The Kier molecular flexibility index (Phi) is 5.58. The molecule has 1 unspecified atom stereocenters. The van der Waals surface area contributed by atoms with Crippen molar-refractivity contribution in [2.24, 2.45) is 5.73 Å². The summed E-state index contributed by atoms with van der Waals surface area (Å²) in [6, 6.07) is 3.16. The highest BCUT2D eigenvalue weighted by Gasteiger charge is 2.17. The van der Waals surface area contributed by atoms with Crippen LogP contribution in [-0.2, 0) is 4.79 Å². The van der Waals surface area contributed by atoms with Crippen molar-refractivity contribution in [3.05, 3.63) is 23.7 Å². The summed E-state index contributed by atoms with van der Waals surface area (Å²) in [4.78, 5) is 11.8. The third-order valence-corrected chi connectivity index (χ3v) is 3.16. The SMILES string of the molecule is CSCC[C@H](N)C(=O)NC(C)c1ccc(C)o1. The summed E-state index contributed by atoms with van der Waals surface area (Å²) < 4.78 is 5.45. The van der Waals surface area contributed by atoms with E-state index in [2.05, 4.69) is 5.32 Å². The first-order valence-electron chi connectivity index (χ1n) is 5.65. The molecule has 0 saturated heterocycles. The van der Waals surface area contributed by atoms with Gasteiger partial charge in [0.1, 0.15) is 11.5 Å². The maximum atomic E-state index is 11.8. The van der Waals surface area contributed by atoms with Gasteiger partial charge in [-0.2, -0.15) is 11.8 Å². The van der Waals surface area contributed by atoms with Gasteiger partial charge in [0, 0.05) is 0 Å². The number of aryl methyl sites for hydroxylation is 1. The van der Waals surface area contributed by atoms with Crippen molar-refractivity contribution < 1.29 is 9.21 Å². The molecule has 0 bridgehead atoms. The molecule has 1 aromatic rings. The minimum atomic E-state index is -0.444. The van der Waals surface area contributed by atoms with E-state index in [0.29, 0.717) is 6.42 Å². The highest BCUT2D eigenvalue weighted by molar-refractivity contribution is 7.98. The molecule has 0 aliphatic heterocycles. The smallest absolute Gasteiger partial charge is 0.237 e. The van der Waals surface area contributed by atoms with E-state index in [1.165, 1.54) is 0 Å². The molecule has 17 heavy (non-hydrogen) atoms. The molecule has 1 rings (SSSR count). The van der Waals surface area contributed by atoms with E-state index in [0.717, 1.165) is 17.3 Å². The number of nitrogens with two attached hydrogens (primary N) is 1. The lowest BCUT2D eigenvalue weighted by Gasteiger charge is -2.15. The van der Waals surface area contributed by atoms with Crippen LogP contribution in [0.4, 0.5) is 0 Å². The first-order chi connectivity index (χ1) is 8.04. The zero-order valence-corrected chi connectivity index (χ0v) is 11.3. The van der Waals surface area contributed by atoms with Crippen LogP contribution in [0.1, 0.15) is 30.9 Å². The number of thioether (sulfide) groups is 1. The molecule has 1 amide bonds. The molecule has 0 fully saturated rings. The van der Waals surface area contributed by atoms with Crippen LogP contribution in [0.15, 0.2) is 16.5 Å². The number of amides is 1. The van der Waals surface area contributed by atoms with Gasteiger partial charge in [-0.1, -0.05) is 0 Å². The number of hydrogen-bond donors (Lipinski definition) is 2. The molecule has 1 heterocycles. The molecule has 0 saturated carbocycles. The monoisotopic (exact) mass is 256 g/mol. The van der Waals surface area contributed by atoms with Crippen molar-refractivity contribution in [1.29, 1.82) is 0 Å². The van der Waals surface area contributed by atoms with Gasteiger partial charge >= 0.3 is 0 Å². The van der Waals surface area contributed by atoms with E-state index >= 15 is 0 Å². The van der Waals surface area contributed by atoms with Gasteiger partial charge in [-0.15, -0.1) is 0 Å². The average molecular weight is 256 g/mol. The van der Waals surface area contributed by atoms with Crippen LogP contribution in [0.3, 0.4) is 0 Å². The lowest BCUT2D eigenvalue weighted by Crippen LogP contribution is -2.41. The van der Waals surface area contributed by atoms with E-state index in [-0.39, 0.29) is 11.9 Å². The van der Waals surface area contributed by atoms with Crippen molar-refractivity contribution in [2.75, 3.05) is 12.0 Å². The summed E-state index contributed by atoms with van der Waals surface area (Å²) in [6.07, 6.45) is 2.69. The van der Waals surface area contributed by atoms with Crippen LogP contribution < -0.4 is 11.1 Å². The molecule has 2 atom stereocenters. The number of hydrogen-bond acceptors (Lipinski definition) is 4. The second-order valence-corrected chi connectivity index (χ2v) is 5.05. The molecule has 0 aromatic carbocycles. The fraction of sp³-hybridized carbons (Fsp3) is 0.583. The number of carbonyl (C=O) groups is 1. The Bertz CT molecular complexity index is 365. The average Bonchev–Trinajstić information content (AvgIpc) is 2.72. The number of carbonyl (C=O) groups excluding carboxylic acids is 1. The molecule has 0 aliphatic carbocycles. The summed E-state index contributed by atoms with van der Waals surface area (Å²) in [7, 11) is 0. The van der Waals surface area contributed by atoms with Gasteiger partial charge in [0.2, 0.25) is 5.91 Å². The topological polar surface area (TPSA) is 68.3 Å². The van der Waals surface area contributed by atoms with Gasteiger partial charge in [0.15, 0.2) is 0 Å². The summed E-state index contributed by atoms with van der Waals surface area (Å²) in [5, 5.41) is 2.85. The van der Waals surface area contributed by atoms with Gasteiger partial charge in [-0.05, 0) is 44.4 Å². The standard InChI is InChI=1S/C12H20N2O2S/c1-8-4-5-11(16-8)9(2)14-12(15)10(13)6-7-17-3/h4-5,9-10H,6-7,13H2,1-3H3,(H,14,15)/t9?,10-/m0/s1. The molecule has 0 radical (unpaired) electrons. The maximum absolute atomic E-state index is 11.8. The Balaban J connectivity index is 2.45. The van der Waals surface area contributed by atoms with E-state index in [9.17, 15) is 4.79 Å². The van der Waals surface area contributed by atoms with Gasteiger partial charge in [-0.3, -0.25) is 4.79 Å². The van der Waals surface area contributed by atoms with Crippen molar-refractivity contribution in [3.63, 3.8) is 0 Å². The molecule has 1 aromatic heterocycles. The molecule has 5 heteroatoms. The molecule has 0 aliphatic rings. The van der Waals surface area contributed by atoms with Gasteiger partial charge in [-0.25, -0.2) is 0 Å². The Morgan fingerprint density at radius 1 is 1.59 bits per heavy atom. The van der Waals surface area contributed by atoms with Crippen molar-refractivity contribution in [2.45, 2.75) is 32.4 Å². The fourth-order valence-corrected chi connectivity index (χ4v) is 1.94. The molecule has 96 valence electrons. The zero-order valence-electron chi connectivity index (χ0n) is 10.5. The van der Waals surface area contributed by atoms with E-state index in [1.54, 1.807) is 11.8 Å². The highest BCUT2D eigenvalue weighted by Crippen LogP contribution is 2.15. The van der Waals surface area contributed by atoms with Gasteiger partial charge in [0.25, 0.3) is 0 Å². The van der Waals surface area contributed by atoms with Crippen LogP contribution in [0, 0.1) is 6.92 Å². The Labute approximate surface area is 106 Å². The van der Waals surface area contributed by atoms with Crippen LogP contribution in [0.2, 0.25) is 0 Å². The third-order valence-electron chi connectivity index (χ3n) is 2.52. The van der Waals surface area contributed by atoms with Gasteiger partial charge < -0.3 is 15.5 Å². The van der Waals surface area contributed by atoms with Crippen LogP contribution in [0.5, 0.6) is 0 Å². The normalized spacial score (nSPS) is 14.4. The lowest BCUT2D eigenvalue weighted by molar-refractivity contribution is -0.123. The second-order valence-electron chi connectivity index (χ2n) is 4.07. The van der Waals surface area contributed by atoms with Crippen LogP contribution in [0.25, 0.3) is 0 Å². The summed E-state index contributed by atoms with van der Waals surface area (Å²) in [6.45, 7) is 3.76. The van der Waals surface area contributed by atoms with Gasteiger partial charge in [0.05, 0.1) is 12.1 Å². The maximum Gasteiger partial charge on any atom is 0.237 e. The summed E-state index contributed by atoms with van der Waals surface area (Å²) in [5.41, 5.74) is 5.78. The predicted octanol–water partition coefficient (Wildman–Crippen LogP) is 1.85. The Morgan fingerprint density at radius 3 is 2.82 bits per heavy atom. The summed E-state index contributed by atoms with van der Waals surface area (Å²) in [5.74, 6) is 2.37. The van der Waals surface area contributed by atoms with Crippen LogP contribution >= 0.6 is 11.8 Å². The number of furan rings is 1. The number of rotatable bonds is 6. The quantitative estimate of drug-likeness (QED) is 0.815. The van der Waals surface area contributed by atoms with Crippen molar-refractivity contribution in [3.8, 4) is 0 Å².